The largest absolute Gasteiger partial charge is 0.449 e. The molecule has 6 rings (SSSR count). The molecule has 4 N–H and O–H groups in total. The van der Waals surface area contributed by atoms with E-state index in [9.17, 15) is 13.6 Å². The summed E-state index contributed by atoms with van der Waals surface area (Å²) < 4.78 is 48.5. The maximum Gasteiger partial charge on any atom is 0.412 e. The first kappa shape index (κ1) is 68.3. The molecule has 0 bridgehead atoms. The number of terminal acetylenes is 2. The van der Waals surface area contributed by atoms with Gasteiger partial charge in [0.25, 0.3) is 0 Å². The molecule has 0 spiro atoms. The minimum absolute atomic E-state index is 0. The maximum absolute atomic E-state index is 14.3. The van der Waals surface area contributed by atoms with E-state index in [2.05, 4.69) is 76.4 Å². The number of nitrogens with two attached hydrogens (primary N) is 1. The fourth-order valence-corrected chi connectivity index (χ4v) is 10.1. The molecule has 7 radical (unpaired) electrons. The summed E-state index contributed by atoms with van der Waals surface area (Å²) in [4.78, 5) is 35.7. The number of rotatable bonds is 30. The molecular formula is C57H90B3F2N10O5. The predicted octanol–water partition coefficient (Wildman–Crippen LogP) is 13.0. The number of nitrogen functional groups attached to an aromatic ring is 1. The van der Waals surface area contributed by atoms with E-state index in [1.54, 1.807) is 9.13 Å². The van der Waals surface area contributed by atoms with Crippen LogP contribution in [0.4, 0.5) is 25.2 Å². The zero-order valence-corrected chi connectivity index (χ0v) is 47.6. The number of nitrogens with one attached hydrogen (secondary N) is 1. The monoisotopic (exact) mass is 1070 g/mol. The number of hydrogen-bond acceptors (Lipinski definition) is 12. The first-order chi connectivity index (χ1) is 36.9. The fraction of sp³-hybridized carbons (Fsp3) is 0.737. The number of hydrogen-bond donors (Lipinski definition) is 3. The van der Waals surface area contributed by atoms with Crippen LogP contribution in [0.15, 0.2) is 12.7 Å². The molecule has 0 aromatic carbocycles. The lowest BCUT2D eigenvalue weighted by Crippen LogP contribution is -2.31. The third-order valence-electron chi connectivity index (χ3n) is 14.8. The topological polar surface area (TPSA) is 190 Å². The quantitative estimate of drug-likeness (QED) is 0.0194. The first-order valence-electron chi connectivity index (χ1n) is 28.6. The molecule has 2 saturated heterocycles. The van der Waals surface area contributed by atoms with E-state index in [-0.39, 0.29) is 49.3 Å². The van der Waals surface area contributed by atoms with Crippen LogP contribution in [0.2, 0.25) is 0 Å². The second-order valence-electron chi connectivity index (χ2n) is 20.3. The standard InChI is InChI=1S/C29H44FN5O3.C14H16FN5O.C14H30O.B2.B/c1-5-8-9-10-11-12-13-14-15-16-17-18-19-37-28(36)33-25-24-26(34-27(30)32-25)35(21-31-24)23-20-22(4)29(6-2,7-3)38-23;1-4-14(5-2)8(3)6-9(21-14)20-7-17-10-11(16)18-13(15)19-12(10)20;1-2-3-4-5-6-7-8-9-10-11-12-13-14-15;1-2;/h2,21-23H,5,7-20H2,1,3-4H3,(H,32,33,34,36);1,7-9H,5-6H2,2-3H3,(H2,16,18,19);15H,2-14H2,1H3;;/t22-,23+,29+;8-,9+,14+;;;/m00.../s1. The number of anilines is 2. The number of aromatic nitrogens is 8. The van der Waals surface area contributed by atoms with Crippen molar-refractivity contribution in [2.45, 2.75) is 245 Å². The number of unbranched alkanes of at least 4 members (excludes halogenated alkanes) is 22. The van der Waals surface area contributed by atoms with Gasteiger partial charge < -0.3 is 25.1 Å². The van der Waals surface area contributed by atoms with Crippen molar-refractivity contribution in [1.29, 1.82) is 0 Å². The van der Waals surface area contributed by atoms with Crippen molar-refractivity contribution in [3.8, 4) is 24.7 Å². The number of fused-ring (bicyclic) bond motifs is 2. The van der Waals surface area contributed by atoms with Crippen molar-refractivity contribution in [2.75, 3.05) is 24.3 Å². The SMILES string of the molecule is C#C[C@]1(CC)O[C@@H](n2cnc3c(N)nc(F)nc32)C[C@@H]1C.C#C[C@]1(CC)O[C@@H](n2cnc3c(NC(=O)OCCCCCCCCCCCCCC)nc(F)nc32)C[C@@H]1C.CCCCCCCCCCCCCCO.[B].[B][B]. The van der Waals surface area contributed by atoms with Crippen molar-refractivity contribution in [3.05, 3.63) is 24.8 Å². The summed E-state index contributed by atoms with van der Waals surface area (Å²) in [5.41, 5.74) is 5.54. The third kappa shape index (κ3) is 21.4. The Morgan fingerprint density at radius 3 is 1.44 bits per heavy atom. The molecule has 20 heteroatoms. The highest BCUT2D eigenvalue weighted by Crippen LogP contribution is 2.45. The van der Waals surface area contributed by atoms with Gasteiger partial charge in [-0.25, -0.2) is 14.8 Å². The molecule has 1 amide bonds. The van der Waals surface area contributed by atoms with Gasteiger partial charge in [-0.15, -0.1) is 12.8 Å². The fourth-order valence-electron chi connectivity index (χ4n) is 10.1. The summed E-state index contributed by atoms with van der Waals surface area (Å²) in [6.45, 7) is 13.2. The van der Waals surface area contributed by atoms with E-state index in [4.69, 9.17) is 37.9 Å². The number of aliphatic hydroxyl groups is 1. The number of carbonyl (C=O) groups excluding carboxylic acids is 1. The Morgan fingerprint density at radius 2 is 1.05 bits per heavy atom. The summed E-state index contributed by atoms with van der Waals surface area (Å²) in [7, 11) is 8.00. The van der Waals surface area contributed by atoms with E-state index in [1.807, 2.05) is 27.7 Å². The molecule has 6 heterocycles. The highest BCUT2D eigenvalue weighted by molar-refractivity contribution is 6.75. The van der Waals surface area contributed by atoms with Gasteiger partial charge in [-0.2, -0.15) is 28.7 Å². The number of imidazole rings is 2. The average molecular weight is 1070 g/mol. The van der Waals surface area contributed by atoms with Gasteiger partial charge in [0.1, 0.15) is 23.7 Å². The molecule has 421 valence electrons. The Hall–Kier alpha value is -4.78. The van der Waals surface area contributed by atoms with Crippen LogP contribution in [-0.4, -0.2) is 98.5 Å². The molecule has 2 aliphatic rings. The van der Waals surface area contributed by atoms with Gasteiger partial charge in [-0.05, 0) is 38.5 Å². The molecule has 15 nitrogen and oxygen atoms in total. The van der Waals surface area contributed by atoms with E-state index >= 15 is 0 Å². The molecule has 6 atom stereocenters. The maximum atomic E-state index is 14.3. The minimum atomic E-state index is -0.972. The smallest absolute Gasteiger partial charge is 0.412 e. The number of amides is 1. The summed E-state index contributed by atoms with van der Waals surface area (Å²) in [6, 6.07) is 0. The minimum Gasteiger partial charge on any atom is -0.449 e. The molecule has 2 fully saturated rings. The average Bonchev–Trinajstić information content (AvgIpc) is 4.22. The van der Waals surface area contributed by atoms with Crippen LogP contribution in [-0.2, 0) is 14.2 Å². The molecule has 0 saturated carbocycles. The molecular weight excluding hydrogens is 975 g/mol. The third-order valence-corrected chi connectivity index (χ3v) is 14.8. The van der Waals surface area contributed by atoms with Crippen molar-refractivity contribution >= 4 is 63.9 Å². The lowest BCUT2D eigenvalue weighted by molar-refractivity contribution is -0.0467. The Morgan fingerprint density at radius 1 is 0.675 bits per heavy atom. The van der Waals surface area contributed by atoms with Crippen LogP contribution >= 0.6 is 0 Å². The molecule has 4 aromatic rings. The van der Waals surface area contributed by atoms with Crippen LogP contribution in [0.25, 0.3) is 22.3 Å². The lowest BCUT2D eigenvalue weighted by atomic mass is 9.81. The Kier molecular flexibility index (Phi) is 33.7. The lowest BCUT2D eigenvalue weighted by Gasteiger charge is -2.25. The van der Waals surface area contributed by atoms with Gasteiger partial charge in [0.05, 0.1) is 19.3 Å². The van der Waals surface area contributed by atoms with E-state index in [1.165, 1.54) is 141 Å². The van der Waals surface area contributed by atoms with Gasteiger partial charge in [0, 0.05) is 42.3 Å². The van der Waals surface area contributed by atoms with Gasteiger partial charge in [0.15, 0.2) is 34.0 Å². The first-order valence-corrected chi connectivity index (χ1v) is 28.6. The van der Waals surface area contributed by atoms with Crippen LogP contribution in [0.5, 0.6) is 0 Å². The second kappa shape index (κ2) is 37.9. The summed E-state index contributed by atoms with van der Waals surface area (Å²) >= 11 is 0. The van der Waals surface area contributed by atoms with Gasteiger partial charge in [0.2, 0.25) is 0 Å². The van der Waals surface area contributed by atoms with Crippen LogP contribution in [0.1, 0.15) is 234 Å². The van der Waals surface area contributed by atoms with Crippen LogP contribution in [0.3, 0.4) is 0 Å². The second-order valence-corrected chi connectivity index (χ2v) is 20.3. The zero-order chi connectivity index (χ0) is 55.8. The van der Waals surface area contributed by atoms with Crippen molar-refractivity contribution in [2.24, 2.45) is 11.8 Å². The number of nitrogens with zero attached hydrogens (tertiary/aromatic N) is 8. The molecule has 77 heavy (non-hydrogen) atoms. The van der Waals surface area contributed by atoms with Crippen molar-refractivity contribution in [3.63, 3.8) is 0 Å². The number of halogens is 2. The summed E-state index contributed by atoms with van der Waals surface area (Å²) in [6.07, 6.45) is 44.9. The molecule has 0 aliphatic carbocycles. The summed E-state index contributed by atoms with van der Waals surface area (Å²) in [5, 5.41) is 11.1. The van der Waals surface area contributed by atoms with Crippen molar-refractivity contribution in [1.82, 2.24) is 39.0 Å². The van der Waals surface area contributed by atoms with Gasteiger partial charge in [-0.1, -0.05) is 195 Å². The number of carbonyl (C=O) groups is 1. The number of aliphatic hydroxyl groups excluding tert-OH is 1. The normalized spacial score (nSPS) is 20.4. The Labute approximate surface area is 464 Å². The number of ether oxygens (including phenoxy) is 3. The Bertz CT molecular complexity index is 2340. The van der Waals surface area contributed by atoms with Gasteiger partial charge >= 0.3 is 18.2 Å². The van der Waals surface area contributed by atoms with E-state index in [0.717, 1.165) is 25.7 Å². The molecule has 4 aromatic heterocycles. The predicted molar refractivity (Wildman–Crippen MR) is 308 cm³/mol. The molecule has 0 unspecified atom stereocenters. The van der Waals surface area contributed by atoms with Crippen molar-refractivity contribution < 1.29 is 32.9 Å². The van der Waals surface area contributed by atoms with E-state index < -0.39 is 35.7 Å². The van der Waals surface area contributed by atoms with Crippen LogP contribution < -0.4 is 11.1 Å². The van der Waals surface area contributed by atoms with Crippen LogP contribution in [0, 0.1) is 48.7 Å². The molecule has 2 aliphatic heterocycles. The highest BCUT2D eigenvalue weighted by atomic mass is 19.1. The van der Waals surface area contributed by atoms with Gasteiger partial charge in [-0.3, -0.25) is 14.5 Å². The summed E-state index contributed by atoms with van der Waals surface area (Å²) in [5.74, 6) is 5.81. The zero-order valence-electron chi connectivity index (χ0n) is 47.6. The highest BCUT2D eigenvalue weighted by Gasteiger charge is 2.46. The Balaban J connectivity index is 0.000000436. The van der Waals surface area contributed by atoms with E-state index in [0.29, 0.717) is 50.1 Å².